The molecule has 0 spiro atoms. The number of fused-ring (bicyclic) bond motifs is 3. The predicted molar refractivity (Wildman–Crippen MR) is 154 cm³/mol. The van der Waals surface area contributed by atoms with Crippen LogP contribution in [0, 0.1) is 11.3 Å². The summed E-state index contributed by atoms with van der Waals surface area (Å²) in [6.07, 6.45) is 21.0. The van der Waals surface area contributed by atoms with Crippen molar-refractivity contribution in [3.8, 4) is 11.3 Å². The Bertz CT molecular complexity index is 1640. The second-order valence-electron chi connectivity index (χ2n) is 10.3. The number of aryl methyl sites for hydroxylation is 3. The van der Waals surface area contributed by atoms with Crippen molar-refractivity contribution < 1.29 is 5.32 Å². The molecule has 0 saturated carbocycles. The largest absolute Gasteiger partial charge is 0.322 e. The van der Waals surface area contributed by atoms with Crippen molar-refractivity contribution in [2.45, 2.75) is 32.2 Å². The van der Waals surface area contributed by atoms with E-state index in [9.17, 15) is 0 Å². The van der Waals surface area contributed by atoms with E-state index in [1.165, 1.54) is 6.21 Å². The molecule has 2 aliphatic rings. The first-order chi connectivity index (χ1) is 19.5. The lowest BCUT2D eigenvalue weighted by molar-refractivity contribution is -0.556. The Morgan fingerprint density at radius 3 is 2.85 bits per heavy atom. The average Bonchev–Trinajstić information content (AvgIpc) is 3.55. The molecule has 4 aromatic heterocycles. The Hall–Kier alpha value is -4.70. The predicted octanol–water partition coefficient (Wildman–Crippen LogP) is 3.30. The summed E-state index contributed by atoms with van der Waals surface area (Å²) in [7, 11) is 4.00. The molecule has 0 amide bonds. The summed E-state index contributed by atoms with van der Waals surface area (Å²) in [5.74, 6) is 0.915. The van der Waals surface area contributed by atoms with Crippen LogP contribution in [0.15, 0.2) is 78.7 Å². The number of quaternary nitrogens is 1. The molecular formula is C30H33N10+. The molecule has 2 atom stereocenters. The first-order valence-corrected chi connectivity index (χ1v) is 13.5. The van der Waals surface area contributed by atoms with Crippen LogP contribution >= 0.6 is 0 Å². The number of nitrogens with zero attached hydrogens (tertiary/aromatic N) is 7. The highest BCUT2D eigenvalue weighted by molar-refractivity contribution is 5.83. The van der Waals surface area contributed by atoms with Gasteiger partial charge in [-0.25, -0.2) is 9.97 Å². The quantitative estimate of drug-likeness (QED) is 0.298. The third-order valence-corrected chi connectivity index (χ3v) is 7.52. The van der Waals surface area contributed by atoms with Crippen molar-refractivity contribution in [1.29, 1.82) is 5.41 Å². The minimum atomic E-state index is 0.145. The van der Waals surface area contributed by atoms with Crippen molar-refractivity contribution in [2.75, 3.05) is 12.4 Å². The molecule has 10 heteroatoms. The highest BCUT2D eigenvalue weighted by Gasteiger charge is 2.32. The number of hydrogen-bond donors (Lipinski definition) is 3. The molecule has 4 aromatic rings. The molecular weight excluding hydrogens is 500 g/mol. The van der Waals surface area contributed by atoms with Crippen LogP contribution in [-0.4, -0.2) is 47.8 Å². The van der Waals surface area contributed by atoms with Gasteiger partial charge in [0.2, 0.25) is 5.95 Å². The second-order valence-corrected chi connectivity index (χ2v) is 10.3. The van der Waals surface area contributed by atoms with Crippen molar-refractivity contribution in [3.05, 3.63) is 101 Å². The maximum atomic E-state index is 7.82. The fourth-order valence-electron chi connectivity index (χ4n) is 5.61. The number of pyridine rings is 1. The molecule has 10 nitrogen and oxygen atoms in total. The first kappa shape index (κ1) is 25.6. The molecule has 0 aliphatic heterocycles. The summed E-state index contributed by atoms with van der Waals surface area (Å²) < 4.78 is 3.90. The Morgan fingerprint density at radius 2 is 2.08 bits per heavy atom. The van der Waals surface area contributed by atoms with Gasteiger partial charge in [0.15, 0.2) is 0 Å². The van der Waals surface area contributed by atoms with E-state index < -0.39 is 0 Å². The van der Waals surface area contributed by atoms with E-state index in [0.29, 0.717) is 12.5 Å². The van der Waals surface area contributed by atoms with Crippen molar-refractivity contribution >= 4 is 17.9 Å². The van der Waals surface area contributed by atoms with Gasteiger partial charge in [-0.2, -0.15) is 10.2 Å². The zero-order chi connectivity index (χ0) is 27.6. The summed E-state index contributed by atoms with van der Waals surface area (Å²) >= 11 is 0. The molecule has 6 rings (SSSR count). The van der Waals surface area contributed by atoms with Crippen LogP contribution in [0.3, 0.4) is 0 Å². The molecule has 0 fully saturated rings. The molecule has 202 valence electrons. The lowest BCUT2D eigenvalue weighted by Gasteiger charge is -2.26. The summed E-state index contributed by atoms with van der Waals surface area (Å²) in [6, 6.07) is 3.97. The average molecular weight is 534 g/mol. The van der Waals surface area contributed by atoms with Gasteiger partial charge in [-0.3, -0.25) is 14.3 Å². The smallest absolute Gasteiger partial charge is 0.227 e. The highest BCUT2D eigenvalue weighted by Crippen LogP contribution is 2.42. The van der Waals surface area contributed by atoms with Crippen LogP contribution < -0.4 is 10.6 Å². The van der Waals surface area contributed by atoms with Crippen molar-refractivity contribution in [3.63, 3.8) is 0 Å². The summed E-state index contributed by atoms with van der Waals surface area (Å²) in [6.45, 7) is 2.89. The summed E-state index contributed by atoms with van der Waals surface area (Å²) in [4.78, 5) is 13.7. The molecule has 0 aromatic carbocycles. The first-order valence-electron chi connectivity index (χ1n) is 13.5. The van der Waals surface area contributed by atoms with E-state index in [1.54, 1.807) is 18.6 Å². The zero-order valence-electron chi connectivity index (χ0n) is 22.9. The van der Waals surface area contributed by atoms with E-state index in [-0.39, 0.29) is 11.8 Å². The van der Waals surface area contributed by atoms with Crippen molar-refractivity contribution in [1.82, 2.24) is 34.5 Å². The molecule has 0 radical (unpaired) electrons. The SMILES string of the molecule is C[NH2+]/C=C(\C=N)C1=CC(C)C(c2c3c(nn2C)CCc2cnc(Nc4cnn(Cc5ccncc5)c4)nc2-3)C=C1. The van der Waals surface area contributed by atoms with Crippen molar-refractivity contribution in [2.24, 2.45) is 13.0 Å². The van der Waals surface area contributed by atoms with Crippen LogP contribution in [-0.2, 0) is 26.4 Å². The molecule has 4 heterocycles. The van der Waals surface area contributed by atoms with E-state index in [4.69, 9.17) is 15.5 Å². The Morgan fingerprint density at radius 1 is 1.23 bits per heavy atom. The number of hydrogen-bond acceptors (Lipinski definition) is 7. The van der Waals surface area contributed by atoms with Crippen LogP contribution in [0.5, 0.6) is 0 Å². The van der Waals surface area contributed by atoms with Gasteiger partial charge >= 0.3 is 0 Å². The van der Waals surface area contributed by atoms with E-state index in [2.05, 4.69) is 45.5 Å². The molecule has 2 aliphatic carbocycles. The number of allylic oxidation sites excluding steroid dienone is 5. The maximum Gasteiger partial charge on any atom is 0.227 e. The zero-order valence-corrected chi connectivity index (χ0v) is 22.9. The van der Waals surface area contributed by atoms with Gasteiger partial charge in [0, 0.05) is 49.5 Å². The lowest BCUT2D eigenvalue weighted by Crippen LogP contribution is -2.73. The van der Waals surface area contributed by atoms with Gasteiger partial charge in [0.1, 0.15) is 6.20 Å². The Kier molecular flexibility index (Phi) is 6.91. The lowest BCUT2D eigenvalue weighted by atomic mass is 9.80. The third-order valence-electron chi connectivity index (χ3n) is 7.52. The normalized spacial score (nSPS) is 18.2. The fraction of sp³-hybridized carbons (Fsp3) is 0.267. The molecule has 2 unspecified atom stereocenters. The van der Waals surface area contributed by atoms with Crippen LogP contribution in [0.2, 0.25) is 0 Å². The van der Waals surface area contributed by atoms with E-state index >= 15 is 0 Å². The van der Waals surface area contributed by atoms with Crippen LogP contribution in [0.25, 0.3) is 11.3 Å². The van der Waals surface area contributed by atoms with E-state index in [0.717, 1.165) is 63.4 Å². The van der Waals surface area contributed by atoms with E-state index in [1.807, 2.05) is 59.5 Å². The molecule has 4 N–H and O–H groups in total. The summed E-state index contributed by atoms with van der Waals surface area (Å²) in [5.41, 5.74) is 9.39. The number of nitrogens with two attached hydrogens (primary N) is 1. The van der Waals surface area contributed by atoms with Gasteiger partial charge < -0.3 is 16.0 Å². The third kappa shape index (κ3) is 4.89. The molecule has 40 heavy (non-hydrogen) atoms. The minimum absolute atomic E-state index is 0.145. The minimum Gasteiger partial charge on any atom is -0.322 e. The summed E-state index contributed by atoms with van der Waals surface area (Å²) in [5, 5.41) is 22.5. The van der Waals surface area contributed by atoms with Crippen LogP contribution in [0.4, 0.5) is 11.6 Å². The number of rotatable bonds is 8. The molecule has 0 saturated heterocycles. The van der Waals surface area contributed by atoms with Crippen LogP contribution in [0.1, 0.15) is 35.4 Å². The number of nitrogens with one attached hydrogen (secondary N) is 2. The topological polar surface area (TPSA) is 127 Å². The van der Waals surface area contributed by atoms with Gasteiger partial charge in [0.05, 0.1) is 48.1 Å². The Labute approximate surface area is 233 Å². The standard InChI is InChI=1S/C30H32N10/c1-19-12-21(23(13-31)14-32-2)4-6-25(19)29-27-26(38-39(29)3)7-5-22-15-34-30(37-28(22)27)36-24-16-35-40(18-24)17-20-8-10-33-11-9-20/h4,6,8-16,18-19,25,31-32H,5,7,17H2,1-3H3,(H,34,36,37)/p+1/b23-14+,31-13?. The Balaban J connectivity index is 1.29. The fourth-order valence-corrected chi connectivity index (χ4v) is 5.61. The van der Waals surface area contributed by atoms with Gasteiger partial charge in [-0.15, -0.1) is 0 Å². The number of anilines is 2. The molecule has 0 bridgehead atoms. The van der Waals surface area contributed by atoms with Gasteiger partial charge in [0.25, 0.3) is 0 Å². The second kappa shape index (κ2) is 10.8. The highest BCUT2D eigenvalue weighted by atomic mass is 15.3. The van der Waals surface area contributed by atoms with Gasteiger partial charge in [-0.1, -0.05) is 25.2 Å². The monoisotopic (exact) mass is 533 g/mol. The maximum absolute atomic E-state index is 7.82. The van der Waals surface area contributed by atoms with Gasteiger partial charge in [-0.05, 0) is 47.6 Å². The number of aromatic nitrogens is 7.